The number of hydrogen-bond donors (Lipinski definition) is 0. The molecule has 2 bridgehead atoms. The molecule has 1 saturated carbocycles. The fourth-order valence-electron chi connectivity index (χ4n) is 5.19. The van der Waals surface area contributed by atoms with E-state index in [4.69, 9.17) is 0 Å². The van der Waals surface area contributed by atoms with Crippen LogP contribution in [0, 0.1) is 30.6 Å². The summed E-state index contributed by atoms with van der Waals surface area (Å²) >= 11 is 0. The Hall–Kier alpha value is -3.34. The molecule has 5 nitrogen and oxygen atoms in total. The highest BCUT2D eigenvalue weighted by molar-refractivity contribution is 6.22. The summed E-state index contributed by atoms with van der Waals surface area (Å²) in [5.74, 6) is 0.616. The lowest BCUT2D eigenvalue weighted by atomic mass is 9.85. The highest BCUT2D eigenvalue weighted by Crippen LogP contribution is 2.53. The number of fused-ring (bicyclic) bond motifs is 6. The number of benzene rings is 2. The summed E-state index contributed by atoms with van der Waals surface area (Å²) in [6, 6.07) is 13.5. The molecule has 5 heteroatoms. The van der Waals surface area contributed by atoms with Crippen LogP contribution in [-0.4, -0.2) is 21.8 Å². The number of aryl methyl sites for hydroxylation is 1. The zero-order chi connectivity index (χ0) is 19.7. The van der Waals surface area contributed by atoms with Gasteiger partial charge in [0.05, 0.1) is 23.0 Å². The summed E-state index contributed by atoms with van der Waals surface area (Å²) in [6.07, 6.45) is 6.99. The highest BCUT2D eigenvalue weighted by atomic mass is 16.2. The Morgan fingerprint density at radius 3 is 2.31 bits per heavy atom. The van der Waals surface area contributed by atoms with Crippen molar-refractivity contribution in [1.29, 1.82) is 0 Å². The van der Waals surface area contributed by atoms with Gasteiger partial charge >= 0.3 is 0 Å². The highest BCUT2D eigenvalue weighted by Gasteiger charge is 2.59. The Labute approximate surface area is 168 Å². The van der Waals surface area contributed by atoms with Gasteiger partial charge in [0, 0.05) is 17.1 Å². The first kappa shape index (κ1) is 16.6. The van der Waals surface area contributed by atoms with Crippen molar-refractivity contribution >= 4 is 28.4 Å². The van der Waals surface area contributed by atoms with E-state index in [2.05, 4.69) is 22.1 Å². The summed E-state index contributed by atoms with van der Waals surface area (Å²) in [5, 5.41) is 0.999. The molecule has 1 unspecified atom stereocenters. The van der Waals surface area contributed by atoms with Crippen molar-refractivity contribution in [1.82, 2.24) is 9.97 Å². The minimum Gasteiger partial charge on any atom is -0.274 e. The van der Waals surface area contributed by atoms with E-state index >= 15 is 0 Å². The van der Waals surface area contributed by atoms with E-state index in [-0.39, 0.29) is 35.5 Å². The minimum atomic E-state index is -0.177. The van der Waals surface area contributed by atoms with Crippen molar-refractivity contribution in [2.75, 3.05) is 4.90 Å². The van der Waals surface area contributed by atoms with Crippen molar-refractivity contribution < 1.29 is 9.59 Å². The number of allylic oxidation sites excluding steroid dienone is 2. The monoisotopic (exact) mass is 381 g/mol. The number of amides is 2. The van der Waals surface area contributed by atoms with Gasteiger partial charge in [0.25, 0.3) is 0 Å². The maximum atomic E-state index is 13.0. The second-order valence-electron chi connectivity index (χ2n) is 8.31. The average Bonchev–Trinajstić information content (AvgIpc) is 3.41. The molecule has 2 amide bonds. The largest absolute Gasteiger partial charge is 0.274 e. The summed E-state index contributed by atoms with van der Waals surface area (Å²) in [7, 11) is 0. The van der Waals surface area contributed by atoms with Crippen LogP contribution in [0.4, 0.5) is 5.69 Å². The predicted molar refractivity (Wildman–Crippen MR) is 110 cm³/mol. The molecule has 2 heterocycles. The Bertz CT molecular complexity index is 1180. The van der Waals surface area contributed by atoms with Gasteiger partial charge in [0.1, 0.15) is 0 Å². The van der Waals surface area contributed by atoms with Crippen molar-refractivity contribution in [3.63, 3.8) is 0 Å². The summed E-state index contributed by atoms with van der Waals surface area (Å²) in [6.45, 7) is 2.04. The lowest BCUT2D eigenvalue weighted by Crippen LogP contribution is -2.32. The number of rotatable bonds is 2. The van der Waals surface area contributed by atoms with Crippen LogP contribution < -0.4 is 4.90 Å². The van der Waals surface area contributed by atoms with Crippen LogP contribution in [0.15, 0.2) is 60.8 Å². The first-order chi connectivity index (χ1) is 14.1. The van der Waals surface area contributed by atoms with Crippen molar-refractivity contribution in [3.8, 4) is 11.4 Å². The van der Waals surface area contributed by atoms with Gasteiger partial charge in [-0.3, -0.25) is 14.5 Å². The molecule has 3 aromatic rings. The van der Waals surface area contributed by atoms with Crippen LogP contribution >= 0.6 is 0 Å². The number of carbonyl (C=O) groups excluding carboxylic acids is 2. The van der Waals surface area contributed by atoms with Gasteiger partial charge in [-0.25, -0.2) is 9.97 Å². The van der Waals surface area contributed by atoms with Crippen LogP contribution in [0.5, 0.6) is 0 Å². The maximum absolute atomic E-state index is 13.0. The minimum absolute atomic E-state index is 0.0537. The molecule has 1 aliphatic heterocycles. The van der Waals surface area contributed by atoms with Crippen molar-refractivity contribution in [2.45, 2.75) is 13.3 Å². The Morgan fingerprint density at radius 2 is 1.62 bits per heavy atom. The SMILES string of the molecule is Cc1ccc2cnc(-c3ccc(N4C(=O)[C@@H]5[C@@H]6C=CC(C6)[C@@H]5C4=O)cc3)nc2c1. The zero-order valence-corrected chi connectivity index (χ0v) is 15.9. The quantitative estimate of drug-likeness (QED) is 0.499. The summed E-state index contributed by atoms with van der Waals surface area (Å²) < 4.78 is 0. The molecule has 2 aliphatic carbocycles. The molecule has 0 N–H and O–H groups in total. The Kier molecular flexibility index (Phi) is 3.34. The normalized spacial score (nSPS) is 27.3. The molecule has 3 aliphatic rings. The molecule has 1 saturated heterocycles. The second-order valence-corrected chi connectivity index (χ2v) is 8.31. The first-order valence-corrected chi connectivity index (χ1v) is 10.0. The fraction of sp³-hybridized carbons (Fsp3) is 0.250. The van der Waals surface area contributed by atoms with Gasteiger partial charge in [-0.2, -0.15) is 0 Å². The van der Waals surface area contributed by atoms with Crippen LogP contribution in [0.1, 0.15) is 12.0 Å². The van der Waals surface area contributed by atoms with E-state index in [1.165, 1.54) is 4.90 Å². The molecule has 2 aromatic carbocycles. The molecule has 29 heavy (non-hydrogen) atoms. The number of hydrogen-bond acceptors (Lipinski definition) is 4. The Balaban J connectivity index is 1.32. The lowest BCUT2D eigenvalue weighted by molar-refractivity contribution is -0.123. The molecular formula is C24H19N3O2. The van der Waals surface area contributed by atoms with Crippen LogP contribution in [0.3, 0.4) is 0 Å². The number of anilines is 1. The molecule has 0 spiro atoms. The van der Waals surface area contributed by atoms with Crippen LogP contribution in [0.2, 0.25) is 0 Å². The average molecular weight is 381 g/mol. The smallest absolute Gasteiger partial charge is 0.238 e. The van der Waals surface area contributed by atoms with Gasteiger partial charge in [-0.05, 0) is 61.1 Å². The number of aromatic nitrogens is 2. The first-order valence-electron chi connectivity index (χ1n) is 10.0. The standard InChI is InChI=1S/C24H19N3O2/c1-13-2-3-17-12-25-22(26-19(17)10-13)14-6-8-18(9-7-14)27-23(28)20-15-4-5-16(11-15)21(20)24(27)29/h2-10,12,15-16,20-21H,11H2,1H3/t15-,16?,20-,21+/m1/s1. The van der Waals surface area contributed by atoms with E-state index in [9.17, 15) is 9.59 Å². The van der Waals surface area contributed by atoms with Crippen molar-refractivity contribution in [2.24, 2.45) is 23.7 Å². The van der Waals surface area contributed by atoms with Crippen molar-refractivity contribution in [3.05, 3.63) is 66.4 Å². The predicted octanol–water partition coefficient (Wildman–Crippen LogP) is 3.92. The fourth-order valence-corrected chi connectivity index (χ4v) is 5.19. The molecule has 6 rings (SSSR count). The van der Waals surface area contributed by atoms with E-state index < -0.39 is 0 Å². The molecule has 1 aromatic heterocycles. The van der Waals surface area contributed by atoms with Crippen LogP contribution in [0.25, 0.3) is 22.3 Å². The van der Waals surface area contributed by atoms with Gasteiger partial charge in [0.15, 0.2) is 5.82 Å². The van der Waals surface area contributed by atoms with E-state index in [0.717, 1.165) is 28.5 Å². The summed E-state index contributed by atoms with van der Waals surface area (Å²) in [5.41, 5.74) is 3.55. The molecule has 0 radical (unpaired) electrons. The lowest BCUT2D eigenvalue weighted by Gasteiger charge is -2.17. The van der Waals surface area contributed by atoms with E-state index in [0.29, 0.717) is 11.5 Å². The third-order valence-electron chi connectivity index (χ3n) is 6.59. The van der Waals surface area contributed by atoms with Gasteiger partial charge in [-0.1, -0.05) is 24.3 Å². The van der Waals surface area contributed by atoms with Crippen LogP contribution in [-0.2, 0) is 9.59 Å². The topological polar surface area (TPSA) is 63.2 Å². The molecule has 2 fully saturated rings. The maximum Gasteiger partial charge on any atom is 0.238 e. The Morgan fingerprint density at radius 1 is 0.931 bits per heavy atom. The second kappa shape index (κ2) is 5.83. The van der Waals surface area contributed by atoms with E-state index in [1.807, 2.05) is 55.6 Å². The van der Waals surface area contributed by atoms with Gasteiger partial charge < -0.3 is 0 Å². The zero-order valence-electron chi connectivity index (χ0n) is 15.9. The number of carbonyl (C=O) groups is 2. The molecule has 142 valence electrons. The third kappa shape index (κ3) is 2.33. The summed E-state index contributed by atoms with van der Waals surface area (Å²) in [4.78, 5) is 36.5. The molecule has 4 atom stereocenters. The number of nitrogens with zero attached hydrogens (tertiary/aromatic N) is 3. The molecular weight excluding hydrogens is 362 g/mol. The van der Waals surface area contributed by atoms with E-state index in [1.54, 1.807) is 0 Å². The number of imide groups is 1. The third-order valence-corrected chi connectivity index (χ3v) is 6.59. The van der Waals surface area contributed by atoms with Gasteiger partial charge in [0.2, 0.25) is 11.8 Å². The van der Waals surface area contributed by atoms with Gasteiger partial charge in [-0.15, -0.1) is 0 Å².